The summed E-state index contributed by atoms with van der Waals surface area (Å²) in [5.41, 5.74) is 2.00. The summed E-state index contributed by atoms with van der Waals surface area (Å²) in [6.07, 6.45) is 0.430. The van der Waals surface area contributed by atoms with Crippen molar-refractivity contribution in [3.63, 3.8) is 0 Å². The fourth-order valence-corrected chi connectivity index (χ4v) is 3.41. The maximum Gasteiger partial charge on any atom is 0.258 e. The van der Waals surface area contributed by atoms with Gasteiger partial charge in [-0.15, -0.1) is 0 Å². The molecule has 0 bridgehead atoms. The number of H-pyrrole nitrogens is 1. The number of nitrogens with one attached hydrogen (secondary N) is 2. The lowest BCUT2D eigenvalue weighted by Crippen LogP contribution is -2.35. The van der Waals surface area contributed by atoms with E-state index in [2.05, 4.69) is 31.2 Å². The van der Waals surface area contributed by atoms with Crippen LogP contribution in [0, 0.1) is 6.92 Å². The second-order valence-corrected chi connectivity index (χ2v) is 7.70. The van der Waals surface area contributed by atoms with Gasteiger partial charge < -0.3 is 15.2 Å². The van der Waals surface area contributed by atoms with Crippen LogP contribution in [0.15, 0.2) is 51.7 Å². The molecule has 1 heterocycles. The number of nitrogens with zero attached hydrogens (tertiary/aromatic N) is 2. The third-order valence-corrected chi connectivity index (χ3v) is 5.00. The van der Waals surface area contributed by atoms with E-state index in [9.17, 15) is 14.4 Å². The van der Waals surface area contributed by atoms with Crippen LogP contribution in [0.3, 0.4) is 0 Å². The van der Waals surface area contributed by atoms with Crippen LogP contribution in [0.5, 0.6) is 0 Å². The summed E-state index contributed by atoms with van der Waals surface area (Å²) in [6.45, 7) is 1.84. The molecule has 0 aliphatic rings. The van der Waals surface area contributed by atoms with Crippen molar-refractivity contribution in [2.75, 3.05) is 18.9 Å². The first-order valence-corrected chi connectivity index (χ1v) is 9.90. The van der Waals surface area contributed by atoms with E-state index in [1.807, 2.05) is 25.1 Å². The number of rotatable bonds is 6. The number of anilines is 1. The molecule has 0 atom stereocenters. The maximum absolute atomic E-state index is 12.4. The number of aromatic nitrogens is 2. The van der Waals surface area contributed by atoms with Crippen molar-refractivity contribution in [1.29, 1.82) is 0 Å². The van der Waals surface area contributed by atoms with Crippen LogP contribution in [0.1, 0.15) is 17.8 Å². The van der Waals surface area contributed by atoms with Crippen molar-refractivity contribution >= 4 is 44.3 Å². The van der Waals surface area contributed by atoms with Crippen molar-refractivity contribution < 1.29 is 9.59 Å². The number of halogens is 1. The highest BCUT2D eigenvalue weighted by molar-refractivity contribution is 9.10. The first-order chi connectivity index (χ1) is 13.8. The van der Waals surface area contributed by atoms with Crippen LogP contribution in [0.2, 0.25) is 0 Å². The van der Waals surface area contributed by atoms with Gasteiger partial charge in [0.2, 0.25) is 11.8 Å². The van der Waals surface area contributed by atoms with E-state index in [-0.39, 0.29) is 36.8 Å². The Kier molecular flexibility index (Phi) is 6.43. The molecule has 2 N–H and O–H groups in total. The van der Waals surface area contributed by atoms with Gasteiger partial charge in [0.25, 0.3) is 5.56 Å². The molecule has 3 aromatic rings. The van der Waals surface area contributed by atoms with Gasteiger partial charge in [0.05, 0.1) is 17.4 Å². The Hall–Kier alpha value is -3.00. The molecule has 0 spiro atoms. The number of hydrogen-bond acceptors (Lipinski definition) is 4. The normalized spacial score (nSPS) is 10.7. The smallest absolute Gasteiger partial charge is 0.258 e. The zero-order chi connectivity index (χ0) is 21.0. The molecule has 2 amide bonds. The Morgan fingerprint density at radius 1 is 1.21 bits per heavy atom. The third kappa shape index (κ3) is 5.29. The van der Waals surface area contributed by atoms with Crippen molar-refractivity contribution in [2.24, 2.45) is 0 Å². The van der Waals surface area contributed by atoms with Gasteiger partial charge in [0.15, 0.2) is 0 Å². The zero-order valence-electron chi connectivity index (χ0n) is 16.2. The lowest BCUT2D eigenvalue weighted by Gasteiger charge is -2.17. The van der Waals surface area contributed by atoms with Crippen molar-refractivity contribution in [2.45, 2.75) is 19.8 Å². The van der Waals surface area contributed by atoms with E-state index in [4.69, 9.17) is 0 Å². The lowest BCUT2D eigenvalue weighted by atomic mass is 10.2. The van der Waals surface area contributed by atoms with Crippen LogP contribution in [-0.4, -0.2) is 40.3 Å². The summed E-state index contributed by atoms with van der Waals surface area (Å²) in [6, 6.07) is 12.6. The first-order valence-electron chi connectivity index (χ1n) is 9.11. The average molecular weight is 457 g/mol. The van der Waals surface area contributed by atoms with Gasteiger partial charge in [-0.1, -0.05) is 28.1 Å². The number of aromatic amines is 1. The van der Waals surface area contributed by atoms with Gasteiger partial charge in [-0.05, 0) is 42.8 Å². The predicted octanol–water partition coefficient (Wildman–Crippen LogP) is 3.02. The summed E-state index contributed by atoms with van der Waals surface area (Å²) in [5.74, 6) is -0.0302. The molecule has 0 saturated heterocycles. The number of benzene rings is 2. The molecule has 2 aromatic carbocycles. The fraction of sp³-hybridized carbons (Fsp3) is 0.238. The number of carbonyl (C=O) groups excluding carboxylic acids is 2. The van der Waals surface area contributed by atoms with Crippen LogP contribution < -0.4 is 10.9 Å². The van der Waals surface area contributed by atoms with E-state index in [0.29, 0.717) is 22.4 Å². The van der Waals surface area contributed by atoms with E-state index >= 15 is 0 Å². The van der Waals surface area contributed by atoms with E-state index in [1.165, 1.54) is 4.90 Å². The van der Waals surface area contributed by atoms with Crippen LogP contribution in [-0.2, 0) is 16.0 Å². The highest BCUT2D eigenvalue weighted by atomic mass is 79.9. The summed E-state index contributed by atoms with van der Waals surface area (Å²) >= 11 is 3.38. The first kappa shape index (κ1) is 20.7. The minimum Gasteiger partial charge on any atom is -0.336 e. The van der Waals surface area contributed by atoms with Gasteiger partial charge in [-0.2, -0.15) is 0 Å². The molecule has 29 heavy (non-hydrogen) atoms. The largest absolute Gasteiger partial charge is 0.336 e. The van der Waals surface area contributed by atoms with E-state index in [1.54, 1.807) is 31.3 Å². The van der Waals surface area contributed by atoms with Crippen LogP contribution >= 0.6 is 15.9 Å². The summed E-state index contributed by atoms with van der Waals surface area (Å²) < 4.78 is 0.931. The number of likely N-dealkylation sites (N-methyl/N-ethyl adjacent to an activating group) is 1. The van der Waals surface area contributed by atoms with Crippen LogP contribution in [0.25, 0.3) is 10.9 Å². The molecule has 0 unspecified atom stereocenters. The van der Waals surface area contributed by atoms with Crippen molar-refractivity contribution in [1.82, 2.24) is 14.9 Å². The minimum atomic E-state index is -0.275. The Balaban J connectivity index is 1.56. The molecule has 3 rings (SSSR count). The zero-order valence-corrected chi connectivity index (χ0v) is 17.7. The molecular weight excluding hydrogens is 436 g/mol. The monoisotopic (exact) mass is 456 g/mol. The molecular formula is C21H21BrN4O3. The highest BCUT2D eigenvalue weighted by Crippen LogP contribution is 2.20. The number of aryl methyl sites for hydroxylation is 2. The SMILES string of the molecule is Cc1cc(Br)ccc1NC(=O)CN(C)C(=O)CCc1nc2ccccc2c(=O)[nH]1. The Bertz CT molecular complexity index is 1130. The number of amides is 2. The van der Waals surface area contributed by atoms with Gasteiger partial charge in [0.1, 0.15) is 5.82 Å². The van der Waals surface area contributed by atoms with E-state index < -0.39 is 0 Å². The quantitative estimate of drug-likeness (QED) is 0.595. The summed E-state index contributed by atoms with van der Waals surface area (Å²) in [7, 11) is 1.58. The van der Waals surface area contributed by atoms with Crippen molar-refractivity contribution in [3.8, 4) is 0 Å². The second-order valence-electron chi connectivity index (χ2n) is 6.79. The molecule has 0 saturated carbocycles. The van der Waals surface area contributed by atoms with Gasteiger partial charge in [-0.3, -0.25) is 14.4 Å². The number of fused-ring (bicyclic) bond motifs is 1. The molecule has 0 radical (unpaired) electrons. The van der Waals surface area contributed by atoms with Gasteiger partial charge in [-0.25, -0.2) is 4.98 Å². The summed E-state index contributed by atoms with van der Waals surface area (Å²) in [4.78, 5) is 45.2. The molecule has 0 aliphatic heterocycles. The van der Waals surface area contributed by atoms with E-state index in [0.717, 1.165) is 10.0 Å². The van der Waals surface area contributed by atoms with Crippen molar-refractivity contribution in [3.05, 3.63) is 68.7 Å². The number of para-hydroxylation sites is 1. The van der Waals surface area contributed by atoms with Gasteiger partial charge in [0, 0.05) is 30.0 Å². The Labute approximate surface area is 176 Å². The Morgan fingerprint density at radius 2 is 1.97 bits per heavy atom. The Morgan fingerprint density at radius 3 is 2.72 bits per heavy atom. The topological polar surface area (TPSA) is 95.2 Å². The molecule has 8 heteroatoms. The predicted molar refractivity (Wildman–Crippen MR) is 116 cm³/mol. The highest BCUT2D eigenvalue weighted by Gasteiger charge is 2.15. The molecule has 0 aliphatic carbocycles. The standard InChI is InChI=1S/C21H21BrN4O3/c1-13-11-14(22)7-8-16(13)24-19(27)12-26(2)20(28)10-9-18-23-17-6-4-3-5-15(17)21(29)25-18/h3-8,11H,9-10,12H2,1-2H3,(H,24,27)(H,23,25,29). The lowest BCUT2D eigenvalue weighted by molar-refractivity contribution is -0.133. The maximum atomic E-state index is 12.4. The molecule has 7 nitrogen and oxygen atoms in total. The average Bonchev–Trinajstić information content (AvgIpc) is 2.68. The number of hydrogen-bond donors (Lipinski definition) is 2. The fourth-order valence-electron chi connectivity index (χ4n) is 2.93. The summed E-state index contributed by atoms with van der Waals surface area (Å²) in [5, 5.41) is 3.32. The number of carbonyl (C=O) groups is 2. The second kappa shape index (κ2) is 9.00. The molecule has 1 aromatic heterocycles. The van der Waals surface area contributed by atoms with Gasteiger partial charge >= 0.3 is 0 Å². The third-order valence-electron chi connectivity index (χ3n) is 4.51. The molecule has 0 fully saturated rings. The molecule has 150 valence electrons. The minimum absolute atomic E-state index is 0.0595. The van der Waals surface area contributed by atoms with Crippen LogP contribution in [0.4, 0.5) is 5.69 Å².